The molecule has 16 heavy (non-hydrogen) atoms. The van der Waals surface area contributed by atoms with E-state index in [9.17, 15) is 4.79 Å². The molecule has 0 aromatic carbocycles. The summed E-state index contributed by atoms with van der Waals surface area (Å²) in [5.74, 6) is 0.117. The van der Waals surface area contributed by atoms with E-state index in [0.717, 1.165) is 25.8 Å². The van der Waals surface area contributed by atoms with E-state index in [4.69, 9.17) is 5.73 Å². The van der Waals surface area contributed by atoms with E-state index in [1.54, 1.807) is 11.3 Å². The lowest BCUT2D eigenvalue weighted by Crippen LogP contribution is -2.49. The second-order valence-corrected chi connectivity index (χ2v) is 5.20. The molecule has 2 rings (SSSR count). The predicted molar refractivity (Wildman–Crippen MR) is 66.3 cm³/mol. The fraction of sp³-hybridized carbons (Fsp3) is 0.583. The van der Waals surface area contributed by atoms with Crippen LogP contribution in [-0.4, -0.2) is 23.4 Å². The first-order chi connectivity index (χ1) is 7.74. The zero-order chi connectivity index (χ0) is 11.5. The molecule has 0 bridgehead atoms. The van der Waals surface area contributed by atoms with Gasteiger partial charge in [0, 0.05) is 11.4 Å². The van der Waals surface area contributed by atoms with Crippen LogP contribution < -0.4 is 5.73 Å². The third-order valence-corrected chi connectivity index (χ3v) is 4.12. The number of rotatable bonds is 3. The Bertz CT molecular complexity index is 350. The molecule has 2 heterocycles. The molecule has 2 atom stereocenters. The fourth-order valence-corrected chi connectivity index (χ4v) is 3.22. The van der Waals surface area contributed by atoms with Crippen molar-refractivity contribution in [3.8, 4) is 0 Å². The zero-order valence-electron chi connectivity index (χ0n) is 9.56. The summed E-state index contributed by atoms with van der Waals surface area (Å²) >= 11 is 1.72. The number of likely N-dealkylation sites (tertiary alicyclic amines) is 1. The second kappa shape index (κ2) is 4.97. The molecule has 4 heteroatoms. The molecule has 3 nitrogen and oxygen atoms in total. The maximum Gasteiger partial charge on any atom is 0.240 e. The van der Waals surface area contributed by atoms with Crippen LogP contribution in [0.3, 0.4) is 0 Å². The van der Waals surface area contributed by atoms with Crippen LogP contribution in [0.1, 0.15) is 37.1 Å². The van der Waals surface area contributed by atoms with Gasteiger partial charge in [0.05, 0.1) is 12.1 Å². The molecule has 1 saturated heterocycles. The average Bonchev–Trinajstić information content (AvgIpc) is 2.79. The van der Waals surface area contributed by atoms with Crippen LogP contribution in [0.2, 0.25) is 0 Å². The van der Waals surface area contributed by atoms with Gasteiger partial charge in [-0.15, -0.1) is 11.3 Å². The van der Waals surface area contributed by atoms with Crippen LogP contribution in [0.25, 0.3) is 0 Å². The molecule has 1 aliphatic rings. The summed E-state index contributed by atoms with van der Waals surface area (Å²) in [6.45, 7) is 2.97. The molecule has 1 aromatic rings. The lowest BCUT2D eigenvalue weighted by molar-refractivity contribution is -0.137. The number of hydrogen-bond donors (Lipinski definition) is 1. The quantitative estimate of drug-likeness (QED) is 0.877. The number of nitrogens with zero attached hydrogens (tertiary/aromatic N) is 1. The summed E-state index contributed by atoms with van der Waals surface area (Å²) in [5, 5.41) is 2.06. The molecule has 1 aromatic heterocycles. The monoisotopic (exact) mass is 238 g/mol. The van der Waals surface area contributed by atoms with Gasteiger partial charge >= 0.3 is 0 Å². The number of carbonyl (C=O) groups excluding carboxylic acids is 1. The summed E-state index contributed by atoms with van der Waals surface area (Å²) in [6, 6.07) is 4.07. The van der Waals surface area contributed by atoms with Crippen molar-refractivity contribution < 1.29 is 4.79 Å². The van der Waals surface area contributed by atoms with Crippen molar-refractivity contribution in [3.63, 3.8) is 0 Å². The second-order valence-electron chi connectivity index (χ2n) is 4.22. The third kappa shape index (κ3) is 2.13. The van der Waals surface area contributed by atoms with Crippen molar-refractivity contribution in [2.24, 2.45) is 5.73 Å². The maximum atomic E-state index is 12.0. The normalized spacial score (nSPS) is 23.5. The molecule has 0 radical (unpaired) electrons. The third-order valence-electron chi connectivity index (χ3n) is 3.15. The first-order valence-electron chi connectivity index (χ1n) is 5.83. The number of carbonyl (C=O) groups is 1. The van der Waals surface area contributed by atoms with Crippen LogP contribution in [0.4, 0.5) is 0 Å². The molecule has 1 aliphatic heterocycles. The van der Waals surface area contributed by atoms with E-state index < -0.39 is 0 Å². The molecular formula is C12H18N2OS. The van der Waals surface area contributed by atoms with Crippen LogP contribution >= 0.6 is 11.3 Å². The van der Waals surface area contributed by atoms with E-state index in [2.05, 4.69) is 18.4 Å². The first kappa shape index (κ1) is 11.6. The van der Waals surface area contributed by atoms with Crippen LogP contribution in [0.15, 0.2) is 17.5 Å². The van der Waals surface area contributed by atoms with Gasteiger partial charge in [-0.2, -0.15) is 0 Å². The summed E-state index contributed by atoms with van der Waals surface area (Å²) in [4.78, 5) is 15.3. The number of amides is 1. The highest BCUT2D eigenvalue weighted by atomic mass is 32.1. The van der Waals surface area contributed by atoms with Crippen molar-refractivity contribution in [2.45, 2.75) is 38.3 Å². The Hall–Kier alpha value is -0.870. The molecule has 88 valence electrons. The van der Waals surface area contributed by atoms with Crippen molar-refractivity contribution in [1.29, 1.82) is 0 Å². The van der Waals surface area contributed by atoms with Crippen LogP contribution in [0.5, 0.6) is 0 Å². The van der Waals surface area contributed by atoms with E-state index in [1.807, 2.05) is 11.0 Å². The molecule has 0 spiro atoms. The Labute approximate surface area is 100 Å². The Morgan fingerprint density at radius 2 is 2.50 bits per heavy atom. The van der Waals surface area contributed by atoms with Gasteiger partial charge in [-0.25, -0.2) is 0 Å². The van der Waals surface area contributed by atoms with Crippen LogP contribution in [0, 0.1) is 0 Å². The van der Waals surface area contributed by atoms with Crippen molar-refractivity contribution in [1.82, 2.24) is 4.90 Å². The Morgan fingerprint density at radius 3 is 3.12 bits per heavy atom. The molecule has 2 unspecified atom stereocenters. The van der Waals surface area contributed by atoms with Gasteiger partial charge in [0.1, 0.15) is 0 Å². The minimum atomic E-state index is -0.289. The number of piperidine rings is 1. The van der Waals surface area contributed by atoms with Gasteiger partial charge in [-0.05, 0) is 30.7 Å². The molecule has 2 N–H and O–H groups in total. The molecular weight excluding hydrogens is 220 g/mol. The van der Waals surface area contributed by atoms with Gasteiger partial charge < -0.3 is 10.6 Å². The highest BCUT2D eigenvalue weighted by Crippen LogP contribution is 2.30. The van der Waals surface area contributed by atoms with E-state index in [1.165, 1.54) is 4.88 Å². The molecule has 1 amide bonds. The summed E-state index contributed by atoms with van der Waals surface area (Å²) < 4.78 is 0. The SMILES string of the molecule is CCC(c1cccs1)N1CCCC(N)C1=O. The first-order valence-corrected chi connectivity index (χ1v) is 6.71. The summed E-state index contributed by atoms with van der Waals surface area (Å²) in [6.07, 6.45) is 2.81. The Morgan fingerprint density at radius 1 is 1.69 bits per heavy atom. The number of nitrogens with two attached hydrogens (primary N) is 1. The van der Waals surface area contributed by atoms with Gasteiger partial charge in [0.2, 0.25) is 5.91 Å². The highest BCUT2D eigenvalue weighted by molar-refractivity contribution is 7.10. The maximum absolute atomic E-state index is 12.0. The fourth-order valence-electron chi connectivity index (χ4n) is 2.29. The van der Waals surface area contributed by atoms with Crippen LogP contribution in [-0.2, 0) is 4.79 Å². The lowest BCUT2D eigenvalue weighted by Gasteiger charge is -2.36. The van der Waals surface area contributed by atoms with Gasteiger partial charge in [-0.3, -0.25) is 4.79 Å². The van der Waals surface area contributed by atoms with E-state index in [-0.39, 0.29) is 18.0 Å². The number of thiophene rings is 1. The predicted octanol–water partition coefficient (Wildman–Crippen LogP) is 2.15. The molecule has 0 aliphatic carbocycles. The largest absolute Gasteiger partial charge is 0.334 e. The Kier molecular flexibility index (Phi) is 3.61. The van der Waals surface area contributed by atoms with Gasteiger partial charge in [0.25, 0.3) is 0 Å². The zero-order valence-corrected chi connectivity index (χ0v) is 10.4. The smallest absolute Gasteiger partial charge is 0.240 e. The molecule has 0 saturated carbocycles. The number of hydrogen-bond acceptors (Lipinski definition) is 3. The molecule has 1 fully saturated rings. The average molecular weight is 238 g/mol. The van der Waals surface area contributed by atoms with Gasteiger partial charge in [-0.1, -0.05) is 13.0 Å². The topological polar surface area (TPSA) is 46.3 Å². The van der Waals surface area contributed by atoms with Crippen molar-refractivity contribution in [2.75, 3.05) is 6.54 Å². The Balaban J connectivity index is 2.18. The van der Waals surface area contributed by atoms with E-state index in [0.29, 0.717) is 0 Å². The highest BCUT2D eigenvalue weighted by Gasteiger charge is 2.31. The lowest BCUT2D eigenvalue weighted by atomic mass is 10.0. The standard InChI is InChI=1S/C12H18N2OS/c1-2-10(11-6-4-8-16-11)14-7-3-5-9(13)12(14)15/h4,6,8-10H,2-3,5,7,13H2,1H3. The summed E-state index contributed by atoms with van der Waals surface area (Å²) in [5.41, 5.74) is 5.83. The minimum Gasteiger partial charge on any atom is -0.334 e. The van der Waals surface area contributed by atoms with Crippen molar-refractivity contribution >= 4 is 17.2 Å². The van der Waals surface area contributed by atoms with Gasteiger partial charge in [0.15, 0.2) is 0 Å². The minimum absolute atomic E-state index is 0.117. The summed E-state index contributed by atoms with van der Waals surface area (Å²) in [7, 11) is 0. The van der Waals surface area contributed by atoms with Crippen molar-refractivity contribution in [3.05, 3.63) is 22.4 Å². The van der Waals surface area contributed by atoms with E-state index >= 15 is 0 Å².